The first-order chi connectivity index (χ1) is 30.1. The number of anilines is 2. The van der Waals surface area contributed by atoms with Crippen LogP contribution in [-0.4, -0.2) is 115 Å². The maximum Gasteiger partial charge on any atom is 0.262 e. The maximum absolute atomic E-state index is 15.4. The van der Waals surface area contributed by atoms with Gasteiger partial charge in [0.1, 0.15) is 34.4 Å². The first-order valence-corrected chi connectivity index (χ1v) is 21.7. The molecule has 5 amide bonds. The molecule has 1 unspecified atom stereocenters. The number of halogens is 1. The molecule has 17 nitrogen and oxygen atoms in total. The lowest BCUT2D eigenvalue weighted by atomic mass is 9.86. The van der Waals surface area contributed by atoms with Crippen LogP contribution in [0.15, 0.2) is 48.9 Å². The number of pyridine rings is 2. The molecule has 2 saturated carbocycles. The van der Waals surface area contributed by atoms with Crippen LogP contribution in [0, 0.1) is 17.1 Å². The van der Waals surface area contributed by atoms with Gasteiger partial charge >= 0.3 is 0 Å². The Balaban J connectivity index is 0.719. The Kier molecular flexibility index (Phi) is 10.2. The predicted molar refractivity (Wildman–Crippen MR) is 224 cm³/mol. The third kappa shape index (κ3) is 7.53. The molecule has 316 valence electrons. The zero-order valence-electron chi connectivity index (χ0n) is 33.5. The van der Waals surface area contributed by atoms with Crippen molar-refractivity contribution in [3.05, 3.63) is 76.4 Å². The van der Waals surface area contributed by atoms with Crippen molar-refractivity contribution in [1.29, 1.82) is 5.26 Å². The van der Waals surface area contributed by atoms with Crippen molar-refractivity contribution in [3.8, 4) is 22.5 Å². The van der Waals surface area contributed by atoms with Gasteiger partial charge in [0.25, 0.3) is 11.8 Å². The van der Waals surface area contributed by atoms with Crippen LogP contribution in [-0.2, 0) is 14.4 Å². The van der Waals surface area contributed by atoms with Gasteiger partial charge < -0.3 is 15.5 Å². The van der Waals surface area contributed by atoms with Gasteiger partial charge in [0.2, 0.25) is 17.7 Å². The SMILES string of the molecule is N#Cc1cnc2c(ccn2-c2cc(NC3CC3)c(-c3nnc([C@H]4CC[C@H](NC(=O)CN5CCN(c6cc7c(cc6F)C(=O)N(C6CCC(=O)NC6=O)C7=O)CC5)CC4)s3)cn2)c1. The molecule has 2 aliphatic carbocycles. The minimum atomic E-state index is -1.13. The molecule has 0 bridgehead atoms. The Labute approximate surface area is 358 Å². The molecule has 1 atom stereocenters. The Bertz CT molecular complexity index is 2710. The average molecular weight is 857 g/mol. The number of amides is 5. The molecule has 5 aromatic rings. The Morgan fingerprint density at radius 3 is 2.39 bits per heavy atom. The summed E-state index contributed by atoms with van der Waals surface area (Å²) in [6.45, 7) is 2.00. The number of hydrogen-bond acceptors (Lipinski definition) is 14. The number of piperazine rings is 1. The minimum absolute atomic E-state index is 0.00412. The van der Waals surface area contributed by atoms with Gasteiger partial charge in [-0.25, -0.2) is 14.4 Å². The van der Waals surface area contributed by atoms with Crippen molar-refractivity contribution in [2.24, 2.45) is 0 Å². The number of piperidine rings is 1. The van der Waals surface area contributed by atoms with Gasteiger partial charge in [0, 0.05) is 86.3 Å². The van der Waals surface area contributed by atoms with Gasteiger partial charge in [-0.2, -0.15) is 5.26 Å². The number of imide groups is 2. The summed E-state index contributed by atoms with van der Waals surface area (Å²) in [5, 5.41) is 30.2. The number of nitrogens with zero attached hydrogens (tertiary/aromatic N) is 9. The summed E-state index contributed by atoms with van der Waals surface area (Å²) in [4.78, 5) is 77.6. The van der Waals surface area contributed by atoms with Crippen LogP contribution in [0.4, 0.5) is 15.8 Å². The summed E-state index contributed by atoms with van der Waals surface area (Å²) in [5.41, 5.74) is 3.16. The van der Waals surface area contributed by atoms with Crippen molar-refractivity contribution < 1.29 is 28.4 Å². The largest absolute Gasteiger partial charge is 0.382 e. The minimum Gasteiger partial charge on any atom is -0.382 e. The third-order valence-electron chi connectivity index (χ3n) is 12.4. The molecular formula is C43H41FN12O5S. The highest BCUT2D eigenvalue weighted by atomic mass is 32.1. The fraction of sp³-hybridized carbons (Fsp3) is 0.395. The highest BCUT2D eigenvalue weighted by Gasteiger charge is 2.45. The lowest BCUT2D eigenvalue weighted by molar-refractivity contribution is -0.136. The standard InChI is InChI=1S/C43H41FN12O5S/c44-31-16-28-29(43(61)56(42(28)60)33-7-8-36(57)50-39(33)59)17-34(31)54-13-11-53(12-14-54)22-37(58)49-27-3-1-24(2-4-27)40-51-52-41(62-40)30-21-46-35(18-32(30)48-26-5-6-26)55-10-9-25-15-23(19-45)20-47-38(25)55/h9-10,15-18,20-21,24,26-27,33H,1-8,11-14,22H2,(H,46,48)(H,49,58)(H,50,57,59)/t24-,27-,33?. The second-order valence-electron chi connectivity index (χ2n) is 16.6. The summed E-state index contributed by atoms with van der Waals surface area (Å²) < 4.78 is 17.4. The van der Waals surface area contributed by atoms with E-state index in [2.05, 4.69) is 37.2 Å². The van der Waals surface area contributed by atoms with Crippen molar-refractivity contribution in [2.45, 2.75) is 75.4 Å². The monoisotopic (exact) mass is 856 g/mol. The highest BCUT2D eigenvalue weighted by molar-refractivity contribution is 7.14. The van der Waals surface area contributed by atoms with Crippen molar-refractivity contribution in [2.75, 3.05) is 42.9 Å². The highest BCUT2D eigenvalue weighted by Crippen LogP contribution is 2.40. The molecule has 4 aromatic heterocycles. The van der Waals surface area contributed by atoms with E-state index in [-0.39, 0.29) is 54.1 Å². The molecule has 4 fully saturated rings. The van der Waals surface area contributed by atoms with E-state index >= 15 is 4.39 Å². The number of nitrogens with one attached hydrogen (secondary N) is 3. The summed E-state index contributed by atoms with van der Waals surface area (Å²) in [5.74, 6) is -2.41. The molecular weight excluding hydrogens is 816 g/mol. The fourth-order valence-electron chi connectivity index (χ4n) is 8.92. The molecule has 3 N–H and O–H groups in total. The lowest BCUT2D eigenvalue weighted by Crippen LogP contribution is -2.54. The van der Waals surface area contributed by atoms with Gasteiger partial charge in [-0.05, 0) is 69.2 Å². The van der Waals surface area contributed by atoms with E-state index in [9.17, 15) is 29.2 Å². The van der Waals surface area contributed by atoms with Gasteiger partial charge in [-0.15, -0.1) is 10.2 Å². The van der Waals surface area contributed by atoms with E-state index in [4.69, 9.17) is 4.98 Å². The molecule has 1 aromatic carbocycles. The van der Waals surface area contributed by atoms with Gasteiger partial charge in [0.05, 0.1) is 34.5 Å². The van der Waals surface area contributed by atoms with Gasteiger partial charge in [0.15, 0.2) is 5.01 Å². The fourth-order valence-corrected chi connectivity index (χ4v) is 9.96. The van der Waals surface area contributed by atoms with Crippen LogP contribution in [0.25, 0.3) is 27.4 Å². The maximum atomic E-state index is 15.4. The number of hydrogen-bond donors (Lipinski definition) is 3. The van der Waals surface area contributed by atoms with Gasteiger partial charge in [-0.3, -0.25) is 43.7 Å². The predicted octanol–water partition coefficient (Wildman–Crippen LogP) is 3.89. The normalized spacial score (nSPS) is 21.8. The third-order valence-corrected chi connectivity index (χ3v) is 13.5. The summed E-state index contributed by atoms with van der Waals surface area (Å²) >= 11 is 1.58. The van der Waals surface area contributed by atoms with Crippen molar-refractivity contribution >= 4 is 63.3 Å². The van der Waals surface area contributed by atoms with Crippen LogP contribution in [0.3, 0.4) is 0 Å². The molecule has 3 aliphatic heterocycles. The first-order valence-electron chi connectivity index (χ1n) is 20.9. The number of benzene rings is 1. The van der Waals surface area contributed by atoms with E-state index in [0.29, 0.717) is 43.6 Å². The van der Waals surface area contributed by atoms with Crippen molar-refractivity contribution in [3.63, 3.8) is 0 Å². The van der Waals surface area contributed by atoms with Crippen LogP contribution in [0.2, 0.25) is 0 Å². The molecule has 7 heterocycles. The number of carbonyl (C=O) groups is 5. The molecule has 19 heteroatoms. The number of nitriles is 1. The summed E-state index contributed by atoms with van der Waals surface area (Å²) in [7, 11) is 0. The molecule has 10 rings (SSSR count). The molecule has 0 radical (unpaired) electrons. The first kappa shape index (κ1) is 39.5. The van der Waals surface area contributed by atoms with E-state index in [1.807, 2.05) is 40.1 Å². The summed E-state index contributed by atoms with van der Waals surface area (Å²) in [6, 6.07) is 9.63. The van der Waals surface area contributed by atoms with Crippen LogP contribution in [0.1, 0.15) is 88.6 Å². The number of fused-ring (bicyclic) bond motifs is 2. The molecule has 62 heavy (non-hydrogen) atoms. The van der Waals surface area contributed by atoms with E-state index in [1.165, 1.54) is 6.07 Å². The van der Waals surface area contributed by atoms with Crippen LogP contribution >= 0.6 is 11.3 Å². The zero-order valence-corrected chi connectivity index (χ0v) is 34.3. The van der Waals surface area contributed by atoms with E-state index < -0.39 is 35.5 Å². The second-order valence-corrected chi connectivity index (χ2v) is 17.6. The topological polar surface area (TPSA) is 211 Å². The molecule has 0 spiro atoms. The molecule has 2 saturated heterocycles. The Hall–Kier alpha value is -6.65. The average Bonchev–Trinajstić information content (AvgIpc) is 3.67. The lowest BCUT2D eigenvalue weighted by Gasteiger charge is -2.36. The number of aromatic nitrogens is 5. The smallest absolute Gasteiger partial charge is 0.262 e. The van der Waals surface area contributed by atoms with Crippen LogP contribution < -0.4 is 20.9 Å². The van der Waals surface area contributed by atoms with E-state index in [1.54, 1.807) is 22.4 Å². The number of carbonyl (C=O) groups excluding carboxylic acids is 5. The second kappa shape index (κ2) is 16.0. The Morgan fingerprint density at radius 2 is 1.65 bits per heavy atom. The van der Waals surface area contributed by atoms with Crippen molar-refractivity contribution in [1.82, 2.24) is 45.2 Å². The van der Waals surface area contributed by atoms with Gasteiger partial charge in [-0.1, -0.05) is 11.3 Å². The van der Waals surface area contributed by atoms with E-state index in [0.717, 1.165) is 81.8 Å². The quantitative estimate of drug-likeness (QED) is 0.171. The van der Waals surface area contributed by atoms with Crippen LogP contribution in [0.5, 0.6) is 0 Å². The molecule has 5 aliphatic rings. The zero-order chi connectivity index (χ0) is 42.6. The summed E-state index contributed by atoms with van der Waals surface area (Å²) in [6.07, 6.45) is 10.9. The number of rotatable bonds is 10. The Morgan fingerprint density at radius 1 is 0.887 bits per heavy atom.